The van der Waals surface area contributed by atoms with Gasteiger partial charge >= 0.3 is 0 Å². The van der Waals surface area contributed by atoms with Gasteiger partial charge in [0.2, 0.25) is 0 Å². The number of carbonyl (C=O) groups excluding carboxylic acids is 1. The maximum Gasteiger partial charge on any atom is 0.138 e. The molecule has 0 radical (unpaired) electrons. The molecule has 0 aliphatic rings. The molecule has 1 atom stereocenters. The van der Waals surface area contributed by atoms with E-state index in [-0.39, 0.29) is 11.2 Å². The molecule has 0 amide bonds. The van der Waals surface area contributed by atoms with E-state index in [9.17, 15) is 9.00 Å². The van der Waals surface area contributed by atoms with Gasteiger partial charge in [-0.25, -0.2) is 0 Å². The number of rotatable bonds is 4. The molecule has 0 saturated heterocycles. The van der Waals surface area contributed by atoms with Gasteiger partial charge in [0, 0.05) is 34.6 Å². The first-order chi connectivity index (χ1) is 5.34. The number of hydrogen-bond donors (Lipinski definition) is 0. The molecule has 0 N–H and O–H groups in total. The molecule has 0 aliphatic heterocycles. The van der Waals surface area contributed by atoms with Gasteiger partial charge in [-0.3, -0.25) is 9.00 Å². The van der Waals surface area contributed by atoms with Gasteiger partial charge in [0.05, 0.1) is 0 Å². The summed E-state index contributed by atoms with van der Waals surface area (Å²) >= 11 is 0. The Balaban J connectivity index is 3.66. The Bertz CT molecular complexity index is 179. The standard InChI is InChI=1S/C9H18O2S/c1-9(2,3)8(10)6-5-7-12(4)11/h5-7H2,1-4H3. The van der Waals surface area contributed by atoms with E-state index in [4.69, 9.17) is 0 Å². The molecular weight excluding hydrogens is 172 g/mol. The summed E-state index contributed by atoms with van der Waals surface area (Å²) in [6.07, 6.45) is 2.98. The Labute approximate surface area is 77.2 Å². The van der Waals surface area contributed by atoms with Crippen molar-refractivity contribution in [2.75, 3.05) is 12.0 Å². The minimum Gasteiger partial charge on any atom is -0.299 e. The summed E-state index contributed by atoms with van der Waals surface area (Å²) in [5.41, 5.74) is -0.241. The van der Waals surface area contributed by atoms with Crippen molar-refractivity contribution in [1.82, 2.24) is 0 Å². The molecular formula is C9H18O2S. The third-order valence-corrected chi connectivity index (χ3v) is 2.54. The first kappa shape index (κ1) is 11.8. The molecule has 0 rings (SSSR count). The van der Waals surface area contributed by atoms with Crippen molar-refractivity contribution < 1.29 is 9.00 Å². The Hall–Kier alpha value is -0.180. The highest BCUT2D eigenvalue weighted by Crippen LogP contribution is 2.17. The number of hydrogen-bond acceptors (Lipinski definition) is 2. The first-order valence-electron chi connectivity index (χ1n) is 4.17. The van der Waals surface area contributed by atoms with Crippen LogP contribution in [0.15, 0.2) is 0 Å². The van der Waals surface area contributed by atoms with Crippen LogP contribution in [0.25, 0.3) is 0 Å². The van der Waals surface area contributed by atoms with Crippen LogP contribution in [0.3, 0.4) is 0 Å². The van der Waals surface area contributed by atoms with Crippen molar-refractivity contribution >= 4 is 16.6 Å². The maximum absolute atomic E-state index is 11.3. The van der Waals surface area contributed by atoms with E-state index in [1.165, 1.54) is 0 Å². The van der Waals surface area contributed by atoms with Gasteiger partial charge in [-0.1, -0.05) is 20.8 Å². The highest BCUT2D eigenvalue weighted by molar-refractivity contribution is 7.84. The molecule has 0 aliphatic carbocycles. The molecule has 3 heteroatoms. The van der Waals surface area contributed by atoms with Crippen molar-refractivity contribution in [3.05, 3.63) is 0 Å². The minimum atomic E-state index is -0.761. The average Bonchev–Trinajstić information content (AvgIpc) is 1.84. The smallest absolute Gasteiger partial charge is 0.138 e. The zero-order chi connectivity index (χ0) is 9.78. The van der Waals surface area contributed by atoms with Crippen LogP contribution in [0, 0.1) is 5.41 Å². The molecule has 0 heterocycles. The van der Waals surface area contributed by atoms with Crippen molar-refractivity contribution in [2.24, 2.45) is 5.41 Å². The van der Waals surface area contributed by atoms with Gasteiger partial charge in [0.1, 0.15) is 5.78 Å². The second kappa shape index (κ2) is 4.75. The van der Waals surface area contributed by atoms with Crippen molar-refractivity contribution in [1.29, 1.82) is 0 Å². The van der Waals surface area contributed by atoms with Gasteiger partial charge in [-0.15, -0.1) is 0 Å². The van der Waals surface area contributed by atoms with E-state index in [0.29, 0.717) is 12.2 Å². The van der Waals surface area contributed by atoms with Gasteiger partial charge in [0.15, 0.2) is 0 Å². The van der Waals surface area contributed by atoms with Gasteiger partial charge in [0.25, 0.3) is 0 Å². The van der Waals surface area contributed by atoms with Crippen LogP contribution in [-0.2, 0) is 15.6 Å². The van der Waals surface area contributed by atoms with Crippen LogP contribution < -0.4 is 0 Å². The summed E-state index contributed by atoms with van der Waals surface area (Å²) in [7, 11) is -0.761. The highest BCUT2D eigenvalue weighted by atomic mass is 32.2. The lowest BCUT2D eigenvalue weighted by molar-refractivity contribution is -0.126. The normalized spacial score (nSPS) is 14.3. The summed E-state index contributed by atoms with van der Waals surface area (Å²) in [4.78, 5) is 11.3. The monoisotopic (exact) mass is 190 g/mol. The Kier molecular flexibility index (Phi) is 4.68. The Morgan fingerprint density at radius 2 is 1.83 bits per heavy atom. The van der Waals surface area contributed by atoms with Crippen molar-refractivity contribution in [2.45, 2.75) is 33.6 Å². The van der Waals surface area contributed by atoms with Crippen molar-refractivity contribution in [3.63, 3.8) is 0 Å². The Morgan fingerprint density at radius 3 is 2.17 bits per heavy atom. The third kappa shape index (κ3) is 5.47. The van der Waals surface area contributed by atoms with Crippen LogP contribution >= 0.6 is 0 Å². The van der Waals surface area contributed by atoms with Crippen LogP contribution in [0.2, 0.25) is 0 Å². The van der Waals surface area contributed by atoms with Gasteiger partial charge < -0.3 is 0 Å². The van der Waals surface area contributed by atoms with E-state index in [1.54, 1.807) is 6.26 Å². The summed E-state index contributed by atoms with van der Waals surface area (Å²) in [6, 6.07) is 0. The molecule has 2 nitrogen and oxygen atoms in total. The SMILES string of the molecule is CS(=O)CCCC(=O)C(C)(C)C. The average molecular weight is 190 g/mol. The maximum atomic E-state index is 11.3. The molecule has 0 fully saturated rings. The molecule has 0 aromatic heterocycles. The lowest BCUT2D eigenvalue weighted by Gasteiger charge is -2.15. The van der Waals surface area contributed by atoms with E-state index < -0.39 is 10.8 Å². The number of carbonyl (C=O) groups is 1. The molecule has 0 aromatic rings. The predicted molar refractivity (Wildman–Crippen MR) is 52.6 cm³/mol. The zero-order valence-corrected chi connectivity index (χ0v) is 9.16. The summed E-state index contributed by atoms with van der Waals surface area (Å²) in [5.74, 6) is 0.898. The second-order valence-corrected chi connectivity index (χ2v) is 5.61. The second-order valence-electron chi connectivity index (χ2n) is 4.05. The molecule has 0 saturated carbocycles. The molecule has 0 aromatic carbocycles. The van der Waals surface area contributed by atoms with Crippen LogP contribution in [0.4, 0.5) is 0 Å². The molecule has 1 unspecified atom stereocenters. The molecule has 72 valence electrons. The quantitative estimate of drug-likeness (QED) is 0.677. The molecule has 0 bridgehead atoms. The van der Waals surface area contributed by atoms with E-state index in [0.717, 1.165) is 6.42 Å². The van der Waals surface area contributed by atoms with Gasteiger partial charge in [-0.2, -0.15) is 0 Å². The highest BCUT2D eigenvalue weighted by Gasteiger charge is 2.19. The summed E-state index contributed by atoms with van der Waals surface area (Å²) in [5, 5.41) is 0. The summed E-state index contributed by atoms with van der Waals surface area (Å²) < 4.78 is 10.7. The molecule has 12 heavy (non-hydrogen) atoms. The van der Waals surface area contributed by atoms with E-state index in [2.05, 4.69) is 0 Å². The first-order valence-corrected chi connectivity index (χ1v) is 5.90. The fraction of sp³-hybridized carbons (Fsp3) is 0.889. The third-order valence-electron chi connectivity index (χ3n) is 1.67. The predicted octanol–water partition coefficient (Wildman–Crippen LogP) is 1.76. The van der Waals surface area contributed by atoms with Crippen LogP contribution in [0.5, 0.6) is 0 Å². The Morgan fingerprint density at radius 1 is 1.33 bits per heavy atom. The lowest BCUT2D eigenvalue weighted by atomic mass is 9.88. The zero-order valence-electron chi connectivity index (χ0n) is 8.35. The topological polar surface area (TPSA) is 34.1 Å². The van der Waals surface area contributed by atoms with Gasteiger partial charge in [-0.05, 0) is 6.42 Å². The summed E-state index contributed by atoms with van der Waals surface area (Å²) in [6.45, 7) is 5.74. The fourth-order valence-electron chi connectivity index (χ4n) is 0.811. The van der Waals surface area contributed by atoms with Crippen LogP contribution in [0.1, 0.15) is 33.6 Å². The van der Waals surface area contributed by atoms with Crippen LogP contribution in [-0.4, -0.2) is 22.0 Å². The van der Waals surface area contributed by atoms with E-state index in [1.807, 2.05) is 20.8 Å². The fourth-order valence-corrected chi connectivity index (χ4v) is 1.36. The number of ketones is 1. The lowest BCUT2D eigenvalue weighted by Crippen LogP contribution is -2.20. The number of Topliss-reactive ketones (excluding diaryl/α,β-unsaturated/α-hetero) is 1. The minimum absolute atomic E-state index is 0.241. The molecule has 0 spiro atoms. The largest absolute Gasteiger partial charge is 0.299 e. The van der Waals surface area contributed by atoms with E-state index >= 15 is 0 Å². The van der Waals surface area contributed by atoms with Crippen molar-refractivity contribution in [3.8, 4) is 0 Å².